The lowest BCUT2D eigenvalue weighted by Gasteiger charge is -2.11. The maximum absolute atomic E-state index is 13.6. The number of hydrogen-bond acceptors (Lipinski definition) is 3. The van der Waals surface area contributed by atoms with Crippen molar-refractivity contribution in [2.75, 3.05) is 6.54 Å². The Labute approximate surface area is 120 Å². The van der Waals surface area contributed by atoms with Crippen molar-refractivity contribution < 1.29 is 17.9 Å². The van der Waals surface area contributed by atoms with Gasteiger partial charge in [0.2, 0.25) is 10.0 Å². The van der Waals surface area contributed by atoms with E-state index in [1.165, 1.54) is 13.0 Å². The minimum atomic E-state index is -3.73. The number of sulfonamides is 1. The van der Waals surface area contributed by atoms with Gasteiger partial charge in [-0.3, -0.25) is 0 Å². The van der Waals surface area contributed by atoms with E-state index in [-0.39, 0.29) is 16.0 Å². The first-order chi connectivity index (χ1) is 9.42. The monoisotopic (exact) mass is 303 g/mol. The number of hydrogen-bond donors (Lipinski definition) is 2. The van der Waals surface area contributed by atoms with Gasteiger partial charge in [0, 0.05) is 12.1 Å². The standard InChI is InChI=1S/C14H22FNO3S/c1-3-4-5-6-7-16-20(18,19)14-9-12(10-17)8-13(15)11(14)2/h8-9,16-17H,3-7,10H2,1-2H3. The summed E-state index contributed by atoms with van der Waals surface area (Å²) in [5, 5.41) is 9.03. The molecule has 1 aromatic carbocycles. The topological polar surface area (TPSA) is 66.4 Å². The van der Waals surface area contributed by atoms with Gasteiger partial charge in [-0.05, 0) is 31.0 Å². The van der Waals surface area contributed by atoms with Crippen molar-refractivity contribution in [2.45, 2.75) is 51.0 Å². The van der Waals surface area contributed by atoms with Gasteiger partial charge >= 0.3 is 0 Å². The maximum Gasteiger partial charge on any atom is 0.240 e. The molecular formula is C14H22FNO3S. The molecule has 0 unspecified atom stereocenters. The second-order valence-corrected chi connectivity index (χ2v) is 6.55. The predicted molar refractivity (Wildman–Crippen MR) is 76.4 cm³/mol. The fourth-order valence-electron chi connectivity index (χ4n) is 1.91. The van der Waals surface area contributed by atoms with Gasteiger partial charge in [-0.1, -0.05) is 26.2 Å². The van der Waals surface area contributed by atoms with Crippen LogP contribution in [0.2, 0.25) is 0 Å². The third kappa shape index (κ3) is 4.54. The van der Waals surface area contributed by atoms with E-state index in [2.05, 4.69) is 11.6 Å². The molecule has 0 saturated heterocycles. The lowest BCUT2D eigenvalue weighted by Crippen LogP contribution is -2.26. The Balaban J connectivity index is 2.84. The fraction of sp³-hybridized carbons (Fsp3) is 0.571. The van der Waals surface area contributed by atoms with E-state index < -0.39 is 22.4 Å². The summed E-state index contributed by atoms with van der Waals surface area (Å²) in [5.74, 6) is -0.622. The SMILES string of the molecule is CCCCCCNS(=O)(=O)c1cc(CO)cc(F)c1C. The normalized spacial score (nSPS) is 11.8. The summed E-state index contributed by atoms with van der Waals surface area (Å²) in [5.41, 5.74) is 0.322. The van der Waals surface area contributed by atoms with E-state index in [4.69, 9.17) is 5.11 Å². The molecule has 0 amide bonds. The van der Waals surface area contributed by atoms with Crippen molar-refractivity contribution >= 4 is 10.0 Å². The summed E-state index contributed by atoms with van der Waals surface area (Å²) in [6, 6.07) is 2.46. The van der Waals surface area contributed by atoms with Crippen molar-refractivity contribution in [2.24, 2.45) is 0 Å². The number of nitrogens with one attached hydrogen (secondary N) is 1. The van der Waals surface area contributed by atoms with Gasteiger partial charge < -0.3 is 5.11 Å². The number of aliphatic hydroxyl groups excluding tert-OH is 1. The zero-order chi connectivity index (χ0) is 15.2. The first kappa shape index (κ1) is 17.1. The smallest absolute Gasteiger partial charge is 0.240 e. The average molecular weight is 303 g/mol. The molecule has 6 heteroatoms. The minimum Gasteiger partial charge on any atom is -0.392 e. The summed E-state index contributed by atoms with van der Waals surface area (Å²) in [4.78, 5) is -0.1000. The van der Waals surface area contributed by atoms with Crippen molar-refractivity contribution in [1.29, 1.82) is 0 Å². The molecule has 20 heavy (non-hydrogen) atoms. The van der Waals surface area contributed by atoms with E-state index >= 15 is 0 Å². The van der Waals surface area contributed by atoms with Crippen LogP contribution in [-0.4, -0.2) is 20.1 Å². The molecule has 0 saturated carbocycles. The van der Waals surface area contributed by atoms with Gasteiger partial charge in [0.1, 0.15) is 5.82 Å². The Bertz CT molecular complexity index is 544. The third-order valence-electron chi connectivity index (χ3n) is 3.15. The van der Waals surface area contributed by atoms with E-state index in [0.717, 1.165) is 31.7 Å². The summed E-state index contributed by atoms with van der Waals surface area (Å²) in [6.45, 7) is 3.45. The molecule has 0 aliphatic rings. The zero-order valence-electron chi connectivity index (χ0n) is 11.9. The van der Waals surface area contributed by atoms with Crippen LogP contribution in [0, 0.1) is 12.7 Å². The highest BCUT2D eigenvalue weighted by atomic mass is 32.2. The Morgan fingerprint density at radius 3 is 2.55 bits per heavy atom. The van der Waals surface area contributed by atoms with Crippen molar-refractivity contribution in [3.63, 3.8) is 0 Å². The summed E-state index contributed by atoms with van der Waals surface area (Å²) in [6.07, 6.45) is 3.86. The van der Waals surface area contributed by atoms with Crippen molar-refractivity contribution in [3.8, 4) is 0 Å². The van der Waals surface area contributed by atoms with Gasteiger partial charge in [0.05, 0.1) is 11.5 Å². The first-order valence-corrected chi connectivity index (χ1v) is 8.30. The van der Waals surface area contributed by atoms with Crippen LogP contribution >= 0.6 is 0 Å². The average Bonchev–Trinajstić information content (AvgIpc) is 2.41. The van der Waals surface area contributed by atoms with Gasteiger partial charge in [-0.15, -0.1) is 0 Å². The zero-order valence-corrected chi connectivity index (χ0v) is 12.8. The molecular weight excluding hydrogens is 281 g/mol. The molecule has 0 spiro atoms. The fourth-order valence-corrected chi connectivity index (χ4v) is 3.29. The summed E-state index contributed by atoms with van der Waals surface area (Å²) < 4.78 is 40.4. The molecule has 0 aromatic heterocycles. The van der Waals surface area contributed by atoms with E-state index in [9.17, 15) is 12.8 Å². The van der Waals surface area contributed by atoms with Gasteiger partial charge in [-0.25, -0.2) is 17.5 Å². The molecule has 0 atom stereocenters. The molecule has 0 fully saturated rings. The minimum absolute atomic E-state index is 0.0725. The second-order valence-electron chi connectivity index (χ2n) is 4.82. The Morgan fingerprint density at radius 2 is 1.95 bits per heavy atom. The van der Waals surface area contributed by atoms with Crippen LogP contribution in [-0.2, 0) is 16.6 Å². The van der Waals surface area contributed by atoms with Gasteiger partial charge in [0.15, 0.2) is 0 Å². The number of halogens is 1. The van der Waals surface area contributed by atoms with Crippen molar-refractivity contribution in [3.05, 3.63) is 29.1 Å². The number of unbranched alkanes of at least 4 members (excludes halogenated alkanes) is 3. The molecule has 0 bridgehead atoms. The lowest BCUT2D eigenvalue weighted by molar-refractivity contribution is 0.281. The quantitative estimate of drug-likeness (QED) is 0.725. The van der Waals surface area contributed by atoms with E-state index in [1.54, 1.807) is 0 Å². The van der Waals surface area contributed by atoms with Crippen LogP contribution in [0.1, 0.15) is 43.7 Å². The molecule has 4 nitrogen and oxygen atoms in total. The lowest BCUT2D eigenvalue weighted by atomic mass is 10.1. The number of benzene rings is 1. The largest absolute Gasteiger partial charge is 0.392 e. The van der Waals surface area contributed by atoms with E-state index in [0.29, 0.717) is 6.54 Å². The Hall–Kier alpha value is -0.980. The van der Waals surface area contributed by atoms with Crippen LogP contribution in [0.15, 0.2) is 17.0 Å². The third-order valence-corrected chi connectivity index (χ3v) is 4.74. The molecule has 0 aliphatic carbocycles. The number of rotatable bonds is 8. The molecule has 114 valence electrons. The predicted octanol–water partition coefficient (Wildman–Crippen LogP) is 2.49. The van der Waals surface area contributed by atoms with Gasteiger partial charge in [0.25, 0.3) is 0 Å². The van der Waals surface area contributed by atoms with Crippen LogP contribution in [0.5, 0.6) is 0 Å². The highest BCUT2D eigenvalue weighted by molar-refractivity contribution is 7.89. The highest BCUT2D eigenvalue weighted by Crippen LogP contribution is 2.20. The second kappa shape index (κ2) is 7.71. The highest BCUT2D eigenvalue weighted by Gasteiger charge is 2.19. The number of aliphatic hydroxyl groups is 1. The summed E-state index contributed by atoms with van der Waals surface area (Å²) >= 11 is 0. The molecule has 1 aromatic rings. The molecule has 0 heterocycles. The van der Waals surface area contributed by atoms with Crippen LogP contribution < -0.4 is 4.72 Å². The van der Waals surface area contributed by atoms with E-state index in [1.807, 2.05) is 0 Å². The molecule has 0 radical (unpaired) electrons. The van der Waals surface area contributed by atoms with Crippen LogP contribution in [0.25, 0.3) is 0 Å². The maximum atomic E-state index is 13.6. The van der Waals surface area contributed by atoms with Crippen molar-refractivity contribution in [1.82, 2.24) is 4.72 Å². The Kier molecular flexibility index (Phi) is 6.58. The molecule has 2 N–H and O–H groups in total. The molecule has 1 rings (SSSR count). The van der Waals surface area contributed by atoms with Gasteiger partial charge in [-0.2, -0.15) is 0 Å². The summed E-state index contributed by atoms with van der Waals surface area (Å²) in [7, 11) is -3.73. The van der Waals surface area contributed by atoms with Crippen LogP contribution in [0.4, 0.5) is 4.39 Å². The molecule has 0 aliphatic heterocycles. The Morgan fingerprint density at radius 1 is 1.25 bits per heavy atom. The van der Waals surface area contributed by atoms with Crippen LogP contribution in [0.3, 0.4) is 0 Å². The first-order valence-electron chi connectivity index (χ1n) is 6.82.